The molecule has 0 bridgehead atoms. The van der Waals surface area contributed by atoms with E-state index in [1.54, 1.807) is 24.3 Å². The Kier molecular flexibility index (Phi) is 6.94. The number of sulfonamides is 1. The number of nitrogens with zero attached hydrogens (tertiary/aromatic N) is 1. The van der Waals surface area contributed by atoms with Crippen molar-refractivity contribution in [2.75, 3.05) is 38.2 Å². The molecule has 1 aromatic rings. The first kappa shape index (κ1) is 17.7. The summed E-state index contributed by atoms with van der Waals surface area (Å²) in [5.41, 5.74) is 6.20. The van der Waals surface area contributed by atoms with Gasteiger partial charge in [-0.05, 0) is 45.2 Å². The van der Waals surface area contributed by atoms with Crippen LogP contribution in [0.25, 0.3) is 0 Å². The van der Waals surface area contributed by atoms with Crippen LogP contribution in [0.3, 0.4) is 0 Å². The van der Waals surface area contributed by atoms with E-state index >= 15 is 0 Å². The van der Waals surface area contributed by atoms with Crippen LogP contribution in [-0.2, 0) is 10.0 Å². The van der Waals surface area contributed by atoms with Crippen LogP contribution in [0.1, 0.15) is 13.8 Å². The molecule has 0 aliphatic rings. The van der Waals surface area contributed by atoms with Crippen LogP contribution >= 0.6 is 0 Å². The quantitative estimate of drug-likeness (QED) is 0.662. The second-order valence-electron chi connectivity index (χ2n) is 5.21. The third-order valence-corrected chi connectivity index (χ3v) is 4.52. The van der Waals surface area contributed by atoms with E-state index in [1.807, 2.05) is 7.05 Å². The van der Waals surface area contributed by atoms with E-state index in [0.29, 0.717) is 30.6 Å². The van der Waals surface area contributed by atoms with Gasteiger partial charge in [0.05, 0.1) is 5.75 Å². The first-order chi connectivity index (χ1) is 9.80. The van der Waals surface area contributed by atoms with Crippen molar-refractivity contribution < 1.29 is 13.2 Å². The standard InChI is InChI=1S/C14H25N3O3S/c1-12(2)17(3)9-8-16-21(18,19)11-10-20-14-6-4-13(15)5-7-14/h4-7,12,16H,8-11,15H2,1-3H3. The lowest BCUT2D eigenvalue weighted by molar-refractivity contribution is 0.278. The summed E-state index contributed by atoms with van der Waals surface area (Å²) < 4.78 is 31.5. The number of nitrogens with one attached hydrogen (secondary N) is 1. The van der Waals surface area contributed by atoms with E-state index in [1.165, 1.54) is 0 Å². The second-order valence-corrected chi connectivity index (χ2v) is 7.13. The Hall–Kier alpha value is -1.31. The van der Waals surface area contributed by atoms with Gasteiger partial charge in [-0.2, -0.15) is 0 Å². The van der Waals surface area contributed by atoms with E-state index in [4.69, 9.17) is 10.5 Å². The normalized spacial score (nSPS) is 12.0. The first-order valence-corrected chi connectivity index (χ1v) is 8.61. The Balaban J connectivity index is 2.28. The van der Waals surface area contributed by atoms with Gasteiger partial charge in [0.25, 0.3) is 0 Å². The number of anilines is 1. The van der Waals surface area contributed by atoms with Gasteiger partial charge < -0.3 is 15.4 Å². The maximum absolute atomic E-state index is 11.8. The molecule has 0 atom stereocenters. The van der Waals surface area contributed by atoms with Gasteiger partial charge in [-0.3, -0.25) is 0 Å². The lowest BCUT2D eigenvalue weighted by Gasteiger charge is -2.20. The molecule has 0 aliphatic carbocycles. The van der Waals surface area contributed by atoms with E-state index in [0.717, 1.165) is 0 Å². The molecule has 0 spiro atoms. The minimum Gasteiger partial charge on any atom is -0.492 e. The van der Waals surface area contributed by atoms with Crippen LogP contribution in [-0.4, -0.2) is 51.9 Å². The number of benzene rings is 1. The Labute approximate surface area is 127 Å². The third kappa shape index (κ3) is 7.31. The van der Waals surface area contributed by atoms with Crippen molar-refractivity contribution in [3.63, 3.8) is 0 Å². The largest absolute Gasteiger partial charge is 0.492 e. The van der Waals surface area contributed by atoms with Crippen LogP contribution in [0.2, 0.25) is 0 Å². The van der Waals surface area contributed by atoms with Crippen molar-refractivity contribution >= 4 is 15.7 Å². The summed E-state index contributed by atoms with van der Waals surface area (Å²) in [7, 11) is -1.35. The lowest BCUT2D eigenvalue weighted by Crippen LogP contribution is -2.37. The molecule has 0 aromatic heterocycles. The fourth-order valence-corrected chi connectivity index (χ4v) is 2.39. The second kappa shape index (κ2) is 8.21. The highest BCUT2D eigenvalue weighted by Gasteiger charge is 2.11. The molecular formula is C14H25N3O3S. The maximum Gasteiger partial charge on any atom is 0.214 e. The zero-order valence-electron chi connectivity index (χ0n) is 12.9. The van der Waals surface area contributed by atoms with Crippen molar-refractivity contribution in [2.24, 2.45) is 0 Å². The molecule has 6 nitrogen and oxygen atoms in total. The van der Waals surface area contributed by atoms with Crippen molar-refractivity contribution in [2.45, 2.75) is 19.9 Å². The van der Waals surface area contributed by atoms with E-state index < -0.39 is 10.0 Å². The minimum atomic E-state index is -3.31. The molecule has 1 rings (SSSR count). The number of ether oxygens (including phenoxy) is 1. The van der Waals surface area contributed by atoms with E-state index in [2.05, 4.69) is 23.5 Å². The van der Waals surface area contributed by atoms with Gasteiger partial charge in [-0.25, -0.2) is 13.1 Å². The van der Waals surface area contributed by atoms with Gasteiger partial charge in [-0.1, -0.05) is 0 Å². The fraction of sp³-hybridized carbons (Fsp3) is 0.571. The molecular weight excluding hydrogens is 290 g/mol. The number of hydrogen-bond acceptors (Lipinski definition) is 5. The molecule has 21 heavy (non-hydrogen) atoms. The highest BCUT2D eigenvalue weighted by Crippen LogP contribution is 2.12. The SMILES string of the molecule is CC(C)N(C)CCNS(=O)(=O)CCOc1ccc(N)cc1. The molecule has 0 saturated carbocycles. The Morgan fingerprint density at radius 3 is 2.48 bits per heavy atom. The average Bonchev–Trinajstić information content (AvgIpc) is 2.40. The number of nitrogens with two attached hydrogens (primary N) is 1. The molecule has 0 unspecified atom stereocenters. The summed E-state index contributed by atoms with van der Waals surface area (Å²) in [6.45, 7) is 5.32. The zero-order valence-corrected chi connectivity index (χ0v) is 13.7. The monoisotopic (exact) mass is 315 g/mol. The Bertz CT molecular complexity index is 515. The first-order valence-electron chi connectivity index (χ1n) is 6.96. The van der Waals surface area contributed by atoms with Gasteiger partial charge in [0.15, 0.2) is 0 Å². The van der Waals surface area contributed by atoms with Crippen LogP contribution in [0, 0.1) is 0 Å². The predicted molar refractivity (Wildman–Crippen MR) is 85.9 cm³/mol. The number of nitrogen functional groups attached to an aromatic ring is 1. The number of rotatable bonds is 9. The number of hydrogen-bond donors (Lipinski definition) is 2. The molecule has 120 valence electrons. The van der Waals surface area contributed by atoms with Crippen molar-refractivity contribution in [3.05, 3.63) is 24.3 Å². The summed E-state index contributed by atoms with van der Waals surface area (Å²) >= 11 is 0. The zero-order chi connectivity index (χ0) is 15.9. The van der Waals surface area contributed by atoms with Crippen molar-refractivity contribution in [1.82, 2.24) is 9.62 Å². The predicted octanol–water partition coefficient (Wildman–Crippen LogP) is 0.907. The van der Waals surface area contributed by atoms with Gasteiger partial charge in [0.2, 0.25) is 10.0 Å². The van der Waals surface area contributed by atoms with Crippen LogP contribution in [0.4, 0.5) is 5.69 Å². The molecule has 0 fully saturated rings. The van der Waals surface area contributed by atoms with Crippen LogP contribution < -0.4 is 15.2 Å². The van der Waals surface area contributed by atoms with Gasteiger partial charge in [-0.15, -0.1) is 0 Å². The molecule has 3 N–H and O–H groups in total. The van der Waals surface area contributed by atoms with Gasteiger partial charge in [0.1, 0.15) is 12.4 Å². The topological polar surface area (TPSA) is 84.7 Å². The summed E-state index contributed by atoms with van der Waals surface area (Å²) in [5, 5.41) is 0. The summed E-state index contributed by atoms with van der Waals surface area (Å²) in [4.78, 5) is 2.08. The van der Waals surface area contributed by atoms with Crippen LogP contribution in [0.5, 0.6) is 5.75 Å². The number of likely N-dealkylation sites (N-methyl/N-ethyl adjacent to an activating group) is 1. The maximum atomic E-state index is 11.8. The molecule has 7 heteroatoms. The van der Waals surface area contributed by atoms with E-state index in [-0.39, 0.29) is 12.4 Å². The van der Waals surface area contributed by atoms with Crippen molar-refractivity contribution in [3.8, 4) is 5.75 Å². The lowest BCUT2D eigenvalue weighted by atomic mass is 10.3. The molecule has 1 aromatic carbocycles. The summed E-state index contributed by atoms with van der Waals surface area (Å²) in [5.74, 6) is 0.543. The molecule has 0 radical (unpaired) electrons. The van der Waals surface area contributed by atoms with Crippen LogP contribution in [0.15, 0.2) is 24.3 Å². The highest BCUT2D eigenvalue weighted by atomic mass is 32.2. The molecule has 0 saturated heterocycles. The average molecular weight is 315 g/mol. The molecule has 0 aliphatic heterocycles. The third-order valence-electron chi connectivity index (χ3n) is 3.17. The highest BCUT2D eigenvalue weighted by molar-refractivity contribution is 7.89. The van der Waals surface area contributed by atoms with Gasteiger partial charge in [0, 0.05) is 24.8 Å². The fourth-order valence-electron chi connectivity index (χ4n) is 1.54. The van der Waals surface area contributed by atoms with Crippen molar-refractivity contribution in [1.29, 1.82) is 0 Å². The summed E-state index contributed by atoms with van der Waals surface area (Å²) in [6.07, 6.45) is 0. The van der Waals surface area contributed by atoms with E-state index in [9.17, 15) is 8.42 Å². The Morgan fingerprint density at radius 2 is 1.90 bits per heavy atom. The minimum absolute atomic E-state index is 0.0667. The smallest absolute Gasteiger partial charge is 0.214 e. The molecule has 0 heterocycles. The van der Waals surface area contributed by atoms with Gasteiger partial charge >= 0.3 is 0 Å². The Morgan fingerprint density at radius 1 is 1.29 bits per heavy atom. The summed E-state index contributed by atoms with van der Waals surface area (Å²) in [6, 6.07) is 7.25. The molecule has 0 amide bonds.